The fourth-order valence-corrected chi connectivity index (χ4v) is 2.84. The van der Waals surface area contributed by atoms with Gasteiger partial charge < -0.3 is 10.2 Å². The van der Waals surface area contributed by atoms with Crippen molar-refractivity contribution in [1.29, 1.82) is 0 Å². The molecule has 0 aliphatic carbocycles. The van der Waals surface area contributed by atoms with Crippen molar-refractivity contribution in [3.63, 3.8) is 0 Å². The third-order valence-electron chi connectivity index (χ3n) is 3.97. The van der Waals surface area contributed by atoms with E-state index in [4.69, 9.17) is 0 Å². The number of nitrogens with zero attached hydrogens (tertiary/aromatic N) is 1. The summed E-state index contributed by atoms with van der Waals surface area (Å²) in [5.74, 6) is 0.204. The highest BCUT2D eigenvalue weighted by molar-refractivity contribution is 5.96. The number of fused-ring (bicyclic) bond motifs is 1. The molecule has 2 aromatic carbocycles. The molecule has 1 aliphatic rings. The molecular weight excluding hydrogens is 260 g/mol. The predicted octanol–water partition coefficient (Wildman–Crippen LogP) is 2.85. The van der Waals surface area contributed by atoms with Gasteiger partial charge in [-0.1, -0.05) is 36.4 Å². The van der Waals surface area contributed by atoms with E-state index in [0.29, 0.717) is 6.42 Å². The summed E-state index contributed by atoms with van der Waals surface area (Å²) in [5, 5.41) is 3.03. The molecule has 0 atom stereocenters. The highest BCUT2D eigenvalue weighted by atomic mass is 16.2. The number of carbonyl (C=O) groups excluding carboxylic acids is 1. The van der Waals surface area contributed by atoms with E-state index in [2.05, 4.69) is 47.8 Å². The van der Waals surface area contributed by atoms with Gasteiger partial charge in [0.1, 0.15) is 0 Å². The monoisotopic (exact) mass is 280 g/mol. The van der Waals surface area contributed by atoms with Gasteiger partial charge in [-0.2, -0.15) is 0 Å². The second-order valence-electron chi connectivity index (χ2n) is 5.36. The van der Waals surface area contributed by atoms with Crippen molar-refractivity contribution >= 4 is 11.6 Å². The minimum atomic E-state index is 0.204. The summed E-state index contributed by atoms with van der Waals surface area (Å²) in [6.07, 6.45) is 1.50. The molecule has 1 amide bonds. The van der Waals surface area contributed by atoms with E-state index in [9.17, 15) is 4.79 Å². The van der Waals surface area contributed by atoms with Crippen LogP contribution in [-0.2, 0) is 11.2 Å². The van der Waals surface area contributed by atoms with Crippen molar-refractivity contribution < 1.29 is 4.79 Å². The Morgan fingerprint density at radius 1 is 1.14 bits per heavy atom. The van der Waals surface area contributed by atoms with Gasteiger partial charge in [-0.15, -0.1) is 0 Å². The summed E-state index contributed by atoms with van der Waals surface area (Å²) in [4.78, 5) is 14.1. The average Bonchev–Trinajstić information content (AvgIpc) is 2.96. The summed E-state index contributed by atoms with van der Waals surface area (Å²) in [6, 6.07) is 16.8. The van der Waals surface area contributed by atoms with Crippen LogP contribution in [0, 0.1) is 0 Å². The Morgan fingerprint density at radius 2 is 1.95 bits per heavy atom. The van der Waals surface area contributed by atoms with Crippen LogP contribution in [0.15, 0.2) is 48.5 Å². The summed E-state index contributed by atoms with van der Waals surface area (Å²) in [7, 11) is 1.87. The van der Waals surface area contributed by atoms with Gasteiger partial charge >= 0.3 is 0 Å². The molecule has 3 rings (SSSR count). The van der Waals surface area contributed by atoms with E-state index < -0.39 is 0 Å². The number of hydrogen-bond acceptors (Lipinski definition) is 2. The maximum atomic E-state index is 12.2. The first-order valence-electron chi connectivity index (χ1n) is 7.43. The number of carbonyl (C=O) groups is 1. The summed E-state index contributed by atoms with van der Waals surface area (Å²) in [5.41, 5.74) is 4.80. The number of anilines is 1. The molecule has 0 saturated carbocycles. The third-order valence-corrected chi connectivity index (χ3v) is 3.97. The van der Waals surface area contributed by atoms with Gasteiger partial charge in [-0.05, 0) is 42.3 Å². The van der Waals surface area contributed by atoms with Crippen molar-refractivity contribution in [3.05, 3.63) is 54.1 Å². The van der Waals surface area contributed by atoms with Crippen LogP contribution >= 0.6 is 0 Å². The molecule has 0 saturated heterocycles. The van der Waals surface area contributed by atoms with Crippen molar-refractivity contribution in [2.24, 2.45) is 0 Å². The van der Waals surface area contributed by atoms with E-state index in [1.807, 2.05) is 18.0 Å². The lowest BCUT2D eigenvalue weighted by molar-refractivity contribution is -0.118. The predicted molar refractivity (Wildman–Crippen MR) is 86.5 cm³/mol. The topological polar surface area (TPSA) is 32.3 Å². The smallest absolute Gasteiger partial charge is 0.228 e. The number of benzene rings is 2. The molecule has 2 aromatic rings. The zero-order valence-corrected chi connectivity index (χ0v) is 12.3. The molecule has 3 nitrogen and oxygen atoms in total. The van der Waals surface area contributed by atoms with Gasteiger partial charge in [-0.3, -0.25) is 4.79 Å². The minimum absolute atomic E-state index is 0.204. The quantitative estimate of drug-likeness (QED) is 0.934. The summed E-state index contributed by atoms with van der Waals surface area (Å²) >= 11 is 0. The Kier molecular flexibility index (Phi) is 4.02. The molecular formula is C18H20N2O. The molecule has 0 bridgehead atoms. The minimum Gasteiger partial charge on any atom is -0.319 e. The van der Waals surface area contributed by atoms with Crippen molar-refractivity contribution in [2.75, 3.05) is 25.0 Å². The lowest BCUT2D eigenvalue weighted by atomic mass is 10.0. The lowest BCUT2D eigenvalue weighted by Gasteiger charge is -2.17. The van der Waals surface area contributed by atoms with E-state index >= 15 is 0 Å². The van der Waals surface area contributed by atoms with Crippen molar-refractivity contribution in [2.45, 2.75) is 12.8 Å². The zero-order chi connectivity index (χ0) is 14.7. The summed E-state index contributed by atoms with van der Waals surface area (Å²) in [6.45, 7) is 1.53. The van der Waals surface area contributed by atoms with Crippen LogP contribution in [0.5, 0.6) is 0 Å². The largest absolute Gasteiger partial charge is 0.319 e. The van der Waals surface area contributed by atoms with Crippen LogP contribution in [0.2, 0.25) is 0 Å². The molecule has 1 aliphatic heterocycles. The van der Waals surface area contributed by atoms with E-state index in [1.165, 1.54) is 16.7 Å². The first-order chi connectivity index (χ1) is 10.3. The number of amides is 1. The molecule has 3 heteroatoms. The number of hydrogen-bond donors (Lipinski definition) is 1. The van der Waals surface area contributed by atoms with E-state index in [-0.39, 0.29) is 5.91 Å². The van der Waals surface area contributed by atoms with Crippen LogP contribution < -0.4 is 10.2 Å². The fourth-order valence-electron chi connectivity index (χ4n) is 2.84. The Balaban J connectivity index is 1.84. The van der Waals surface area contributed by atoms with Gasteiger partial charge in [-0.25, -0.2) is 0 Å². The van der Waals surface area contributed by atoms with E-state index in [0.717, 1.165) is 25.2 Å². The first-order valence-corrected chi connectivity index (χ1v) is 7.43. The van der Waals surface area contributed by atoms with E-state index in [1.54, 1.807) is 0 Å². The molecule has 0 spiro atoms. The maximum Gasteiger partial charge on any atom is 0.228 e. The Bertz CT molecular complexity index is 637. The molecule has 1 N–H and O–H groups in total. The maximum absolute atomic E-state index is 12.2. The molecule has 21 heavy (non-hydrogen) atoms. The number of nitrogens with one attached hydrogen (secondary N) is 1. The van der Waals surface area contributed by atoms with Gasteiger partial charge in [0.05, 0.1) is 0 Å². The normalized spacial score (nSPS) is 13.3. The van der Waals surface area contributed by atoms with Gasteiger partial charge in [0.2, 0.25) is 5.91 Å². The molecule has 1 heterocycles. The molecule has 0 unspecified atom stereocenters. The molecule has 0 aromatic heterocycles. The Morgan fingerprint density at radius 3 is 2.71 bits per heavy atom. The van der Waals surface area contributed by atoms with Crippen molar-refractivity contribution in [1.82, 2.24) is 5.32 Å². The average molecular weight is 280 g/mol. The third kappa shape index (κ3) is 2.83. The highest BCUT2D eigenvalue weighted by Crippen LogP contribution is 2.32. The van der Waals surface area contributed by atoms with Crippen LogP contribution in [0.4, 0.5) is 5.69 Å². The number of rotatable bonds is 4. The SMILES string of the molecule is CNCCC(=O)N1CCc2cc(-c3ccccc3)ccc21. The highest BCUT2D eigenvalue weighted by Gasteiger charge is 2.24. The summed E-state index contributed by atoms with van der Waals surface area (Å²) < 4.78 is 0. The van der Waals surface area contributed by atoms with Gasteiger partial charge in [0.25, 0.3) is 0 Å². The van der Waals surface area contributed by atoms with Crippen molar-refractivity contribution in [3.8, 4) is 11.1 Å². The van der Waals surface area contributed by atoms with Crippen LogP contribution in [0.25, 0.3) is 11.1 Å². The first kappa shape index (κ1) is 13.8. The molecule has 0 fully saturated rings. The van der Waals surface area contributed by atoms with Crippen LogP contribution in [0.3, 0.4) is 0 Å². The van der Waals surface area contributed by atoms with Crippen LogP contribution in [-0.4, -0.2) is 26.0 Å². The van der Waals surface area contributed by atoms with Gasteiger partial charge in [0, 0.05) is 25.2 Å². The second kappa shape index (κ2) is 6.10. The van der Waals surface area contributed by atoms with Gasteiger partial charge in [0.15, 0.2) is 0 Å². The second-order valence-corrected chi connectivity index (χ2v) is 5.36. The Labute approximate surface area is 125 Å². The molecule has 108 valence electrons. The standard InChI is InChI=1S/C18H20N2O/c1-19-11-9-18(21)20-12-10-16-13-15(7-8-17(16)20)14-5-3-2-4-6-14/h2-8,13,19H,9-12H2,1H3. The molecule has 0 radical (unpaired) electrons. The van der Waals surface area contributed by atoms with Crippen LogP contribution in [0.1, 0.15) is 12.0 Å². The lowest BCUT2D eigenvalue weighted by Crippen LogP contribution is -2.31. The Hall–Kier alpha value is -2.13. The zero-order valence-electron chi connectivity index (χ0n) is 12.3. The fraction of sp³-hybridized carbons (Fsp3) is 0.278.